The molecule has 0 radical (unpaired) electrons. The molecule has 104 valence electrons. The molecule has 2 aromatic rings. The van der Waals surface area contributed by atoms with Gasteiger partial charge in [-0.15, -0.1) is 0 Å². The molecule has 0 spiro atoms. The van der Waals surface area contributed by atoms with Gasteiger partial charge in [0, 0.05) is 6.04 Å². The molecule has 3 rings (SSSR count). The summed E-state index contributed by atoms with van der Waals surface area (Å²) in [6.07, 6.45) is 2.04. The summed E-state index contributed by atoms with van der Waals surface area (Å²) in [7, 11) is 1.90. The van der Waals surface area contributed by atoms with Crippen molar-refractivity contribution in [3.63, 3.8) is 0 Å². The van der Waals surface area contributed by atoms with Crippen LogP contribution in [-0.4, -0.2) is 7.05 Å². The average Bonchev–Trinajstić information content (AvgIpc) is 2.44. The minimum atomic E-state index is -0.349. The second kappa shape index (κ2) is 5.55. The zero-order valence-corrected chi connectivity index (χ0v) is 12.1. The summed E-state index contributed by atoms with van der Waals surface area (Å²) >= 11 is 6.10. The van der Waals surface area contributed by atoms with Crippen LogP contribution >= 0.6 is 11.6 Å². The van der Waals surface area contributed by atoms with Crippen LogP contribution in [0.25, 0.3) is 0 Å². The van der Waals surface area contributed by atoms with Crippen LogP contribution in [-0.2, 0) is 6.42 Å². The summed E-state index contributed by atoms with van der Waals surface area (Å²) in [5.74, 6) is 0.182. The second-order valence-electron chi connectivity index (χ2n) is 5.32. The van der Waals surface area contributed by atoms with Crippen LogP contribution in [0.5, 0.6) is 0 Å². The summed E-state index contributed by atoms with van der Waals surface area (Å²) in [4.78, 5) is 0. The molecule has 0 amide bonds. The van der Waals surface area contributed by atoms with Crippen LogP contribution in [0.1, 0.15) is 35.1 Å². The molecule has 1 nitrogen and oxygen atoms in total. The Morgan fingerprint density at radius 1 is 1.25 bits per heavy atom. The van der Waals surface area contributed by atoms with Gasteiger partial charge in [-0.3, -0.25) is 0 Å². The number of hydrogen-bond acceptors (Lipinski definition) is 1. The molecule has 0 saturated carbocycles. The van der Waals surface area contributed by atoms with Crippen LogP contribution in [0.15, 0.2) is 42.5 Å². The summed E-state index contributed by atoms with van der Waals surface area (Å²) in [6, 6.07) is 13.6. The topological polar surface area (TPSA) is 12.0 Å². The molecule has 1 N–H and O–H groups in total. The lowest BCUT2D eigenvalue weighted by molar-refractivity contribution is 0.451. The first-order chi connectivity index (χ1) is 9.70. The van der Waals surface area contributed by atoms with Gasteiger partial charge >= 0.3 is 0 Å². The van der Waals surface area contributed by atoms with Gasteiger partial charge in [0.05, 0.1) is 5.02 Å². The quantitative estimate of drug-likeness (QED) is 0.876. The molecule has 0 heterocycles. The standard InChI is InChI=1S/C17H17ClFN/c1-20-16(14-7-4-8-15(19)17(14)18)10-12-9-11-5-2-3-6-13(11)12/h2-8,12,16,20H,9-10H2,1H3. The van der Waals surface area contributed by atoms with Crippen LogP contribution in [0.4, 0.5) is 4.39 Å². The maximum atomic E-state index is 13.6. The Bertz CT molecular complexity index is 626. The number of hydrogen-bond donors (Lipinski definition) is 1. The highest BCUT2D eigenvalue weighted by molar-refractivity contribution is 6.31. The van der Waals surface area contributed by atoms with Crippen molar-refractivity contribution in [3.8, 4) is 0 Å². The summed E-state index contributed by atoms with van der Waals surface area (Å²) in [6.45, 7) is 0. The number of nitrogens with one attached hydrogen (secondary N) is 1. The van der Waals surface area contributed by atoms with Gasteiger partial charge in [-0.25, -0.2) is 4.39 Å². The number of halogens is 2. The predicted molar refractivity (Wildman–Crippen MR) is 80.7 cm³/mol. The van der Waals surface area contributed by atoms with Gasteiger partial charge in [0.25, 0.3) is 0 Å². The molecular formula is C17H17ClFN. The molecule has 0 fully saturated rings. The fourth-order valence-electron chi connectivity index (χ4n) is 3.05. The highest BCUT2D eigenvalue weighted by atomic mass is 35.5. The first kappa shape index (κ1) is 13.6. The highest BCUT2D eigenvalue weighted by Crippen LogP contribution is 2.41. The van der Waals surface area contributed by atoms with Gasteiger partial charge in [-0.2, -0.15) is 0 Å². The van der Waals surface area contributed by atoms with E-state index >= 15 is 0 Å². The van der Waals surface area contributed by atoms with E-state index in [0.717, 1.165) is 18.4 Å². The van der Waals surface area contributed by atoms with Crippen molar-refractivity contribution in [2.24, 2.45) is 0 Å². The largest absolute Gasteiger partial charge is 0.313 e. The van der Waals surface area contributed by atoms with Crippen molar-refractivity contribution < 1.29 is 4.39 Å². The molecule has 2 atom stereocenters. The van der Waals surface area contributed by atoms with Crippen LogP contribution in [0.3, 0.4) is 0 Å². The maximum Gasteiger partial charge on any atom is 0.142 e. The average molecular weight is 290 g/mol. The number of fused-ring (bicyclic) bond motifs is 1. The zero-order chi connectivity index (χ0) is 14.1. The Hall–Kier alpha value is -1.38. The summed E-state index contributed by atoms with van der Waals surface area (Å²) in [5, 5.41) is 3.50. The van der Waals surface area contributed by atoms with E-state index in [2.05, 4.69) is 29.6 Å². The van der Waals surface area contributed by atoms with Gasteiger partial charge in [0.1, 0.15) is 5.82 Å². The van der Waals surface area contributed by atoms with E-state index in [1.807, 2.05) is 13.1 Å². The van der Waals surface area contributed by atoms with Gasteiger partial charge in [-0.1, -0.05) is 48.0 Å². The molecule has 0 aromatic heterocycles. The monoisotopic (exact) mass is 289 g/mol. The number of rotatable bonds is 4. The first-order valence-corrected chi connectivity index (χ1v) is 7.27. The van der Waals surface area contributed by atoms with Gasteiger partial charge in [0.15, 0.2) is 0 Å². The maximum absolute atomic E-state index is 13.6. The van der Waals surface area contributed by atoms with Gasteiger partial charge < -0.3 is 5.32 Å². The lowest BCUT2D eigenvalue weighted by Crippen LogP contribution is -2.25. The third kappa shape index (κ3) is 2.34. The van der Waals surface area contributed by atoms with Crippen molar-refractivity contribution >= 4 is 11.6 Å². The minimum Gasteiger partial charge on any atom is -0.313 e. The van der Waals surface area contributed by atoms with Crippen molar-refractivity contribution in [2.75, 3.05) is 7.05 Å². The lowest BCUT2D eigenvalue weighted by Gasteiger charge is -2.33. The first-order valence-electron chi connectivity index (χ1n) is 6.89. The Morgan fingerprint density at radius 3 is 2.80 bits per heavy atom. The molecule has 1 aliphatic carbocycles. The van der Waals surface area contributed by atoms with E-state index in [0.29, 0.717) is 5.92 Å². The van der Waals surface area contributed by atoms with E-state index < -0.39 is 0 Å². The van der Waals surface area contributed by atoms with E-state index in [1.54, 1.807) is 6.07 Å². The molecule has 1 aliphatic rings. The predicted octanol–water partition coefficient (Wildman–Crippen LogP) is 4.47. The molecule has 0 saturated heterocycles. The van der Waals surface area contributed by atoms with Gasteiger partial charge in [0.2, 0.25) is 0 Å². The normalized spacial score (nSPS) is 18.2. The molecule has 3 heteroatoms. The Morgan fingerprint density at radius 2 is 2.05 bits per heavy atom. The summed E-state index contributed by atoms with van der Waals surface area (Å²) in [5.41, 5.74) is 3.69. The van der Waals surface area contributed by atoms with Crippen molar-refractivity contribution in [2.45, 2.75) is 24.8 Å². The third-order valence-electron chi connectivity index (χ3n) is 4.19. The van der Waals surface area contributed by atoms with E-state index in [-0.39, 0.29) is 16.9 Å². The Balaban J connectivity index is 1.81. The lowest BCUT2D eigenvalue weighted by atomic mass is 9.74. The third-order valence-corrected chi connectivity index (χ3v) is 4.59. The summed E-state index contributed by atoms with van der Waals surface area (Å²) < 4.78 is 13.6. The highest BCUT2D eigenvalue weighted by Gasteiger charge is 2.29. The zero-order valence-electron chi connectivity index (χ0n) is 11.4. The Labute approximate surface area is 123 Å². The van der Waals surface area contributed by atoms with Crippen molar-refractivity contribution in [1.29, 1.82) is 0 Å². The molecule has 2 unspecified atom stereocenters. The second-order valence-corrected chi connectivity index (χ2v) is 5.70. The SMILES string of the molecule is CNC(CC1Cc2ccccc21)c1cccc(F)c1Cl. The molecule has 0 aliphatic heterocycles. The molecule has 0 bridgehead atoms. The van der Waals surface area contributed by atoms with E-state index in [9.17, 15) is 4.39 Å². The molecule has 2 aromatic carbocycles. The van der Waals surface area contributed by atoms with Crippen LogP contribution in [0.2, 0.25) is 5.02 Å². The van der Waals surface area contributed by atoms with Gasteiger partial charge in [-0.05, 0) is 48.6 Å². The fourth-order valence-corrected chi connectivity index (χ4v) is 3.31. The minimum absolute atomic E-state index is 0.0801. The fraction of sp³-hybridized carbons (Fsp3) is 0.294. The van der Waals surface area contributed by atoms with E-state index in [4.69, 9.17) is 11.6 Å². The van der Waals surface area contributed by atoms with Crippen molar-refractivity contribution in [3.05, 3.63) is 70.0 Å². The van der Waals surface area contributed by atoms with Crippen molar-refractivity contribution in [1.82, 2.24) is 5.32 Å². The molecular weight excluding hydrogens is 273 g/mol. The van der Waals surface area contributed by atoms with Crippen LogP contribution in [0, 0.1) is 5.82 Å². The Kier molecular flexibility index (Phi) is 3.77. The van der Waals surface area contributed by atoms with E-state index in [1.165, 1.54) is 17.2 Å². The molecule has 20 heavy (non-hydrogen) atoms. The smallest absolute Gasteiger partial charge is 0.142 e. The number of benzene rings is 2. The van der Waals surface area contributed by atoms with Crippen LogP contribution < -0.4 is 5.32 Å².